The summed E-state index contributed by atoms with van der Waals surface area (Å²) in [5, 5.41) is 2.81. The van der Waals surface area contributed by atoms with Gasteiger partial charge in [0.25, 0.3) is 5.91 Å². The smallest absolute Gasteiger partial charge is 0.253 e. The number of anilines is 1. The van der Waals surface area contributed by atoms with Gasteiger partial charge in [-0.25, -0.2) is 0 Å². The van der Waals surface area contributed by atoms with E-state index in [-0.39, 0.29) is 5.91 Å². The predicted molar refractivity (Wildman–Crippen MR) is 61.6 cm³/mol. The van der Waals surface area contributed by atoms with Crippen LogP contribution in [0.3, 0.4) is 0 Å². The molecule has 0 aliphatic rings. The van der Waals surface area contributed by atoms with Crippen LogP contribution in [0.1, 0.15) is 29.3 Å². The van der Waals surface area contributed by atoms with Crippen molar-refractivity contribution in [3.05, 3.63) is 29.3 Å². The Morgan fingerprint density at radius 3 is 2.80 bits per heavy atom. The van der Waals surface area contributed by atoms with E-state index in [1.165, 1.54) is 0 Å². The fraction of sp³-hybridized carbons (Fsp3) is 0.364. The number of hydrazine groups is 1. The van der Waals surface area contributed by atoms with Crippen LogP contribution in [0.4, 0.5) is 5.69 Å². The summed E-state index contributed by atoms with van der Waals surface area (Å²) in [7, 11) is 0. The Balaban J connectivity index is 2.87. The van der Waals surface area contributed by atoms with E-state index in [9.17, 15) is 4.79 Å². The number of amides is 1. The summed E-state index contributed by atoms with van der Waals surface area (Å²) in [4.78, 5) is 11.7. The molecule has 0 fully saturated rings. The maximum Gasteiger partial charge on any atom is 0.253 e. The molecule has 4 N–H and O–H groups in total. The van der Waals surface area contributed by atoms with Crippen LogP contribution in [-0.4, -0.2) is 12.5 Å². The van der Waals surface area contributed by atoms with Crippen LogP contribution < -0.4 is 16.6 Å². The van der Waals surface area contributed by atoms with Gasteiger partial charge in [0.1, 0.15) is 0 Å². The molecular weight excluding hydrogens is 190 g/mol. The van der Waals surface area contributed by atoms with Gasteiger partial charge < -0.3 is 10.7 Å². The number of hydrogen-bond acceptors (Lipinski definition) is 3. The first-order valence-corrected chi connectivity index (χ1v) is 5.04. The lowest BCUT2D eigenvalue weighted by Crippen LogP contribution is -2.25. The molecule has 0 heterocycles. The van der Waals surface area contributed by atoms with Gasteiger partial charge in [0, 0.05) is 6.54 Å². The number of nitrogen functional groups attached to an aromatic ring is 1. The quantitative estimate of drug-likeness (QED) is 0.516. The lowest BCUT2D eigenvalue weighted by Gasteiger charge is -2.09. The molecule has 1 aromatic carbocycles. The van der Waals surface area contributed by atoms with Gasteiger partial charge in [0.2, 0.25) is 0 Å². The Morgan fingerprint density at radius 1 is 1.47 bits per heavy atom. The summed E-state index contributed by atoms with van der Waals surface area (Å²) in [6.45, 7) is 4.64. The second-order valence-electron chi connectivity index (χ2n) is 3.45. The lowest BCUT2D eigenvalue weighted by atomic mass is 10.1. The highest BCUT2D eigenvalue weighted by atomic mass is 16.1. The minimum absolute atomic E-state index is 0.0928. The van der Waals surface area contributed by atoms with E-state index < -0.39 is 0 Å². The number of benzene rings is 1. The lowest BCUT2D eigenvalue weighted by molar-refractivity contribution is 0.0954. The number of carbonyl (C=O) groups excluding carboxylic acids is 1. The number of nitrogens with one attached hydrogen (secondary N) is 2. The van der Waals surface area contributed by atoms with Gasteiger partial charge in [-0.1, -0.05) is 13.0 Å². The molecule has 0 saturated carbocycles. The minimum atomic E-state index is -0.0928. The van der Waals surface area contributed by atoms with Crippen molar-refractivity contribution in [1.82, 2.24) is 5.32 Å². The van der Waals surface area contributed by atoms with Crippen molar-refractivity contribution in [3.8, 4) is 0 Å². The Hall–Kier alpha value is -1.55. The largest absolute Gasteiger partial charge is 0.352 e. The summed E-state index contributed by atoms with van der Waals surface area (Å²) in [5.41, 5.74) is 4.83. The number of aryl methyl sites for hydroxylation is 1. The van der Waals surface area contributed by atoms with Crippen LogP contribution in [0.15, 0.2) is 18.2 Å². The molecule has 0 aliphatic carbocycles. The average molecular weight is 207 g/mol. The molecule has 1 aromatic rings. The molecule has 1 rings (SSSR count). The molecule has 0 bridgehead atoms. The summed E-state index contributed by atoms with van der Waals surface area (Å²) < 4.78 is 0. The topological polar surface area (TPSA) is 67.2 Å². The van der Waals surface area contributed by atoms with Crippen molar-refractivity contribution in [2.24, 2.45) is 5.84 Å². The number of rotatable bonds is 4. The summed E-state index contributed by atoms with van der Waals surface area (Å²) >= 11 is 0. The summed E-state index contributed by atoms with van der Waals surface area (Å²) in [6, 6.07) is 5.51. The van der Waals surface area contributed by atoms with E-state index >= 15 is 0 Å². The Labute approximate surface area is 89.8 Å². The zero-order valence-electron chi connectivity index (χ0n) is 9.13. The Kier molecular flexibility index (Phi) is 4.12. The van der Waals surface area contributed by atoms with E-state index in [4.69, 9.17) is 5.84 Å². The van der Waals surface area contributed by atoms with Crippen LogP contribution in [0, 0.1) is 6.92 Å². The van der Waals surface area contributed by atoms with E-state index in [0.717, 1.165) is 12.0 Å². The highest BCUT2D eigenvalue weighted by Crippen LogP contribution is 2.16. The van der Waals surface area contributed by atoms with Gasteiger partial charge in [-0.05, 0) is 31.0 Å². The highest BCUT2D eigenvalue weighted by Gasteiger charge is 2.09. The van der Waals surface area contributed by atoms with Gasteiger partial charge >= 0.3 is 0 Å². The number of hydrogen-bond donors (Lipinski definition) is 3. The molecule has 1 amide bonds. The highest BCUT2D eigenvalue weighted by molar-refractivity contribution is 5.99. The molecule has 0 atom stereocenters. The van der Waals surface area contributed by atoms with Gasteiger partial charge in [-0.15, -0.1) is 0 Å². The minimum Gasteiger partial charge on any atom is -0.352 e. The maximum absolute atomic E-state index is 11.7. The molecule has 82 valence electrons. The summed E-state index contributed by atoms with van der Waals surface area (Å²) in [6.07, 6.45) is 0.920. The molecular formula is C11H17N3O. The first-order valence-electron chi connectivity index (χ1n) is 5.04. The molecule has 0 aromatic heterocycles. The Morgan fingerprint density at radius 2 is 2.20 bits per heavy atom. The van der Waals surface area contributed by atoms with Crippen molar-refractivity contribution in [1.29, 1.82) is 0 Å². The van der Waals surface area contributed by atoms with E-state index in [1.54, 1.807) is 6.07 Å². The first-order chi connectivity index (χ1) is 7.19. The third kappa shape index (κ3) is 2.95. The Bertz CT molecular complexity index is 350. The molecule has 0 radical (unpaired) electrons. The van der Waals surface area contributed by atoms with Crippen molar-refractivity contribution in [3.63, 3.8) is 0 Å². The van der Waals surface area contributed by atoms with Crippen molar-refractivity contribution >= 4 is 11.6 Å². The van der Waals surface area contributed by atoms with Gasteiger partial charge in [-0.3, -0.25) is 10.6 Å². The van der Waals surface area contributed by atoms with Crippen molar-refractivity contribution in [2.75, 3.05) is 12.0 Å². The fourth-order valence-electron chi connectivity index (χ4n) is 1.31. The molecule has 15 heavy (non-hydrogen) atoms. The molecule has 0 aliphatic heterocycles. The maximum atomic E-state index is 11.7. The fourth-order valence-corrected chi connectivity index (χ4v) is 1.31. The molecule has 0 saturated heterocycles. The van der Waals surface area contributed by atoms with Crippen LogP contribution in [-0.2, 0) is 0 Å². The zero-order valence-corrected chi connectivity index (χ0v) is 9.13. The van der Waals surface area contributed by atoms with E-state index in [0.29, 0.717) is 17.8 Å². The zero-order chi connectivity index (χ0) is 11.3. The first kappa shape index (κ1) is 11.5. The van der Waals surface area contributed by atoms with Gasteiger partial charge in [-0.2, -0.15) is 0 Å². The van der Waals surface area contributed by atoms with Crippen LogP contribution >= 0.6 is 0 Å². The molecule has 4 nitrogen and oxygen atoms in total. The SMILES string of the molecule is CCCNC(=O)c1ccc(C)cc1NN. The number of carbonyl (C=O) groups is 1. The van der Waals surface area contributed by atoms with Crippen molar-refractivity contribution < 1.29 is 4.79 Å². The van der Waals surface area contributed by atoms with Gasteiger partial charge in [0.05, 0.1) is 11.3 Å². The monoisotopic (exact) mass is 207 g/mol. The number of nitrogens with two attached hydrogens (primary N) is 1. The normalized spacial score (nSPS) is 9.80. The molecule has 0 unspecified atom stereocenters. The predicted octanol–water partition coefficient (Wildman–Crippen LogP) is 1.42. The third-order valence-electron chi connectivity index (χ3n) is 2.11. The second-order valence-corrected chi connectivity index (χ2v) is 3.45. The van der Waals surface area contributed by atoms with E-state index in [1.807, 2.05) is 26.0 Å². The van der Waals surface area contributed by atoms with Gasteiger partial charge in [0.15, 0.2) is 0 Å². The standard InChI is InChI=1S/C11H17N3O/c1-3-6-13-11(15)9-5-4-8(2)7-10(9)14-12/h4-5,7,14H,3,6,12H2,1-2H3,(H,13,15). The van der Waals surface area contributed by atoms with Crippen LogP contribution in [0.25, 0.3) is 0 Å². The van der Waals surface area contributed by atoms with E-state index in [2.05, 4.69) is 10.7 Å². The van der Waals surface area contributed by atoms with Crippen LogP contribution in [0.2, 0.25) is 0 Å². The molecule has 0 spiro atoms. The van der Waals surface area contributed by atoms with Crippen LogP contribution in [0.5, 0.6) is 0 Å². The third-order valence-corrected chi connectivity index (χ3v) is 2.11. The van der Waals surface area contributed by atoms with Crippen molar-refractivity contribution in [2.45, 2.75) is 20.3 Å². The molecule has 4 heteroatoms. The average Bonchev–Trinajstić information content (AvgIpc) is 2.25. The summed E-state index contributed by atoms with van der Waals surface area (Å²) in [5.74, 6) is 5.26. The second kappa shape index (κ2) is 5.36.